The number of nitrogens with zero attached hydrogens (tertiary/aromatic N) is 3. The molecule has 70 heavy (non-hydrogen) atoms. The predicted octanol–water partition coefficient (Wildman–Crippen LogP) is 9.77. The SMILES string of the molecule is C=CCO[C@@]12Oc3ccc(OC(=O)NCCCCCCCCCCCC)cc3[C@H]3[C@H](CCCCO)[C@@H](CCCCO)C=C(C(=NOCC)C[C@@H]1N(CCOCCO)C(=O)Oc1ccc([N+](=O)[O-])cc1)[C@H]32. The molecule has 2 aliphatic carbocycles. The van der Waals surface area contributed by atoms with Crippen molar-refractivity contribution in [3.63, 3.8) is 0 Å². The van der Waals surface area contributed by atoms with Gasteiger partial charge in [-0.25, -0.2) is 9.59 Å². The number of nitro benzene ring substituents is 1. The molecular formula is C53H78N4O13. The number of unbranched alkanes of at least 4 members (excludes halogenated alkanes) is 11. The quantitative estimate of drug-likeness (QED) is 0.0227. The Morgan fingerprint density at radius 1 is 0.886 bits per heavy atom. The van der Waals surface area contributed by atoms with Gasteiger partial charge in [0, 0.05) is 56.3 Å². The highest BCUT2D eigenvalue weighted by Crippen LogP contribution is 2.62. The molecular weight excluding hydrogens is 901 g/mol. The number of carbonyl (C=O) groups is 2. The highest BCUT2D eigenvalue weighted by Gasteiger charge is 2.65. The van der Waals surface area contributed by atoms with Gasteiger partial charge in [-0.2, -0.15) is 0 Å². The summed E-state index contributed by atoms with van der Waals surface area (Å²) in [5.41, 5.74) is 1.99. The van der Waals surface area contributed by atoms with Crippen LogP contribution in [0.4, 0.5) is 15.3 Å². The van der Waals surface area contributed by atoms with E-state index in [1.807, 2.05) is 13.0 Å². The number of hydrogen-bond acceptors (Lipinski definition) is 14. The summed E-state index contributed by atoms with van der Waals surface area (Å²) in [6.07, 6.45) is 18.5. The maximum atomic E-state index is 14.7. The van der Waals surface area contributed by atoms with Crippen molar-refractivity contribution in [2.24, 2.45) is 22.9 Å². The normalized spacial score (nSPS) is 21.7. The first kappa shape index (κ1) is 55.9. The summed E-state index contributed by atoms with van der Waals surface area (Å²) in [4.78, 5) is 46.3. The van der Waals surface area contributed by atoms with Crippen LogP contribution in [-0.2, 0) is 14.3 Å². The van der Waals surface area contributed by atoms with Crippen molar-refractivity contribution in [1.82, 2.24) is 10.2 Å². The Hall–Kier alpha value is -5.07. The molecule has 388 valence electrons. The van der Waals surface area contributed by atoms with E-state index in [2.05, 4.69) is 24.9 Å². The van der Waals surface area contributed by atoms with Crippen molar-refractivity contribution in [3.8, 4) is 17.2 Å². The summed E-state index contributed by atoms with van der Waals surface area (Å²) in [6.45, 7) is 8.60. The third-order valence-electron chi connectivity index (χ3n) is 13.5. The second-order valence-electron chi connectivity index (χ2n) is 18.3. The molecule has 0 bridgehead atoms. The minimum atomic E-state index is -1.63. The Bertz CT molecular complexity index is 2000. The number of rotatable bonds is 33. The van der Waals surface area contributed by atoms with Crippen LogP contribution in [-0.4, -0.2) is 114 Å². The zero-order valence-corrected chi connectivity index (χ0v) is 41.4. The van der Waals surface area contributed by atoms with Crippen molar-refractivity contribution < 1.29 is 58.4 Å². The molecule has 1 heterocycles. The van der Waals surface area contributed by atoms with Crippen molar-refractivity contribution in [1.29, 1.82) is 0 Å². The molecule has 0 aromatic heterocycles. The van der Waals surface area contributed by atoms with Gasteiger partial charge >= 0.3 is 12.2 Å². The van der Waals surface area contributed by atoms with Gasteiger partial charge in [0.05, 0.1) is 43.0 Å². The van der Waals surface area contributed by atoms with Gasteiger partial charge in [-0.05, 0) is 86.8 Å². The van der Waals surface area contributed by atoms with Crippen molar-refractivity contribution in [2.45, 2.75) is 141 Å². The lowest BCUT2D eigenvalue weighted by molar-refractivity contribution is -0.384. The molecule has 0 spiro atoms. The first-order valence-corrected chi connectivity index (χ1v) is 25.7. The summed E-state index contributed by atoms with van der Waals surface area (Å²) >= 11 is 0. The smallest absolute Gasteiger partial charge is 0.415 e. The second kappa shape index (κ2) is 30.0. The molecule has 2 amide bonds. The Labute approximate surface area is 413 Å². The average molecular weight is 979 g/mol. The van der Waals surface area contributed by atoms with Crippen LogP contribution < -0.4 is 19.5 Å². The molecule has 3 aliphatic rings. The molecule has 0 unspecified atom stereocenters. The van der Waals surface area contributed by atoms with Gasteiger partial charge < -0.3 is 49.2 Å². The third kappa shape index (κ3) is 15.5. The topological polar surface area (TPSA) is 221 Å². The van der Waals surface area contributed by atoms with Crippen LogP contribution >= 0.6 is 0 Å². The van der Waals surface area contributed by atoms with Crippen LogP contribution in [0.3, 0.4) is 0 Å². The number of fused-ring (bicyclic) bond motifs is 2. The van der Waals surface area contributed by atoms with Gasteiger partial charge in [0.25, 0.3) is 5.69 Å². The largest absolute Gasteiger partial charge is 0.459 e. The van der Waals surface area contributed by atoms with Gasteiger partial charge in [0.15, 0.2) is 0 Å². The number of hydrogen-bond donors (Lipinski definition) is 4. The molecule has 6 atom stereocenters. The third-order valence-corrected chi connectivity index (χ3v) is 13.5. The monoisotopic (exact) mass is 979 g/mol. The van der Waals surface area contributed by atoms with E-state index in [9.17, 15) is 35.0 Å². The van der Waals surface area contributed by atoms with E-state index in [0.29, 0.717) is 49.4 Å². The number of nitro groups is 1. The van der Waals surface area contributed by atoms with Gasteiger partial charge in [0.1, 0.15) is 29.9 Å². The van der Waals surface area contributed by atoms with Crippen LogP contribution in [0.5, 0.6) is 17.2 Å². The number of aliphatic hydroxyl groups excluding tert-OH is 3. The second-order valence-corrected chi connectivity index (χ2v) is 18.3. The van der Waals surface area contributed by atoms with Crippen LogP contribution in [0, 0.1) is 27.9 Å². The van der Waals surface area contributed by atoms with E-state index in [0.717, 1.165) is 43.2 Å². The summed E-state index contributed by atoms with van der Waals surface area (Å²) in [5, 5.41) is 48.6. The Morgan fingerprint density at radius 2 is 1.57 bits per heavy atom. The fourth-order valence-electron chi connectivity index (χ4n) is 10.3. The summed E-state index contributed by atoms with van der Waals surface area (Å²) in [5.74, 6) is -1.94. The lowest BCUT2D eigenvalue weighted by Crippen LogP contribution is -2.70. The number of oxime groups is 1. The molecule has 2 aromatic rings. The molecule has 5 rings (SSSR count). The highest BCUT2D eigenvalue weighted by atomic mass is 16.7. The Balaban J connectivity index is 1.57. The summed E-state index contributed by atoms with van der Waals surface area (Å²) in [7, 11) is 0. The molecule has 17 heteroatoms. The maximum Gasteiger partial charge on any atom is 0.415 e. The molecule has 0 saturated heterocycles. The first-order valence-electron chi connectivity index (χ1n) is 25.7. The van der Waals surface area contributed by atoms with Crippen LogP contribution in [0.25, 0.3) is 0 Å². The van der Waals surface area contributed by atoms with Crippen LogP contribution in [0.15, 0.2) is 71.9 Å². The van der Waals surface area contributed by atoms with E-state index in [-0.39, 0.29) is 82.5 Å². The fraction of sp³-hybridized carbons (Fsp3) is 0.642. The standard InChI is InChI=1S/C53H78N4O13/c1-4-7-8-9-10-11-12-13-14-17-28-54-51(61)68-42-26-27-47-45(37-42)49-43(21-16-19-31-59)39(20-15-18-30-58)36-44-46(55-67-6-3)38-48(53(70-47,50(44)49)66-33-5-2)56(29-34-65-35-32-60)52(62)69-41-24-22-40(23-25-41)57(63)64/h5,22-27,36-37,39,43,48-50,58-60H,2,4,6-21,28-35,38H2,1,3H3,(H,54,61)/t39-,43+,48-,49+,50+,53+/m0/s1. The molecule has 2 aromatic carbocycles. The van der Waals surface area contributed by atoms with E-state index in [1.165, 1.54) is 74.1 Å². The minimum Gasteiger partial charge on any atom is -0.459 e. The minimum absolute atomic E-state index is 0.00600. The molecule has 1 saturated carbocycles. The Morgan fingerprint density at radius 3 is 2.23 bits per heavy atom. The number of amides is 2. The zero-order chi connectivity index (χ0) is 50.1. The lowest BCUT2D eigenvalue weighted by Gasteiger charge is -2.59. The van der Waals surface area contributed by atoms with Gasteiger partial charge in [-0.1, -0.05) is 94.9 Å². The molecule has 17 nitrogen and oxygen atoms in total. The zero-order valence-electron chi connectivity index (χ0n) is 41.4. The maximum absolute atomic E-state index is 14.7. The van der Waals surface area contributed by atoms with Gasteiger partial charge in [-0.3, -0.25) is 15.0 Å². The van der Waals surface area contributed by atoms with Gasteiger partial charge in [-0.15, -0.1) is 6.58 Å². The number of ether oxygens (including phenoxy) is 5. The van der Waals surface area contributed by atoms with Crippen molar-refractivity contribution in [3.05, 3.63) is 82.4 Å². The fourth-order valence-corrected chi connectivity index (χ4v) is 10.3. The molecule has 0 radical (unpaired) electrons. The van der Waals surface area contributed by atoms with Crippen molar-refractivity contribution in [2.75, 3.05) is 59.3 Å². The van der Waals surface area contributed by atoms with Crippen LogP contribution in [0.2, 0.25) is 0 Å². The predicted molar refractivity (Wildman–Crippen MR) is 266 cm³/mol. The molecule has 4 N–H and O–H groups in total. The summed E-state index contributed by atoms with van der Waals surface area (Å²) in [6, 6.07) is 9.53. The van der Waals surface area contributed by atoms with E-state index >= 15 is 0 Å². The molecule has 1 aliphatic heterocycles. The van der Waals surface area contributed by atoms with Gasteiger partial charge in [0.2, 0.25) is 5.79 Å². The number of nitrogens with one attached hydrogen (secondary N) is 1. The Kier molecular flexibility index (Phi) is 23.9. The van der Waals surface area contributed by atoms with E-state index in [4.69, 9.17) is 33.7 Å². The van der Waals surface area contributed by atoms with Crippen LogP contribution in [0.1, 0.15) is 134 Å². The average Bonchev–Trinajstić information content (AvgIpc) is 3.35. The number of benzene rings is 2. The van der Waals surface area contributed by atoms with E-state index < -0.39 is 40.8 Å². The summed E-state index contributed by atoms with van der Waals surface area (Å²) < 4.78 is 31.9. The highest BCUT2D eigenvalue weighted by molar-refractivity contribution is 6.03. The number of aliphatic hydroxyl groups is 3. The number of non-ortho nitro benzene ring substituents is 1. The first-order chi connectivity index (χ1) is 34.2. The number of allylic oxidation sites excluding steroid dienone is 1. The number of carbonyl (C=O) groups excluding carboxylic acids is 2. The lowest BCUT2D eigenvalue weighted by atomic mass is 9.55. The van der Waals surface area contributed by atoms with Crippen molar-refractivity contribution >= 4 is 23.6 Å². The van der Waals surface area contributed by atoms with E-state index in [1.54, 1.807) is 18.2 Å². The molecule has 1 fully saturated rings.